The Bertz CT molecular complexity index is 712. The average Bonchev–Trinajstić information content (AvgIpc) is 2.60. The molecular formula is C18H21N3O3. The Morgan fingerprint density at radius 1 is 1.04 bits per heavy atom. The minimum Gasteiger partial charge on any atom is -0.497 e. The molecule has 0 bridgehead atoms. The predicted octanol–water partition coefficient (Wildman–Crippen LogP) is 2.45. The second-order valence-electron chi connectivity index (χ2n) is 5.41. The minimum absolute atomic E-state index is 0.0821. The molecular weight excluding hydrogens is 306 g/mol. The van der Waals surface area contributed by atoms with Crippen molar-refractivity contribution >= 4 is 23.2 Å². The molecule has 0 unspecified atom stereocenters. The molecule has 0 saturated heterocycles. The van der Waals surface area contributed by atoms with Crippen molar-refractivity contribution in [2.45, 2.75) is 0 Å². The zero-order valence-corrected chi connectivity index (χ0v) is 14.0. The van der Waals surface area contributed by atoms with Gasteiger partial charge in [0.05, 0.1) is 13.7 Å². The molecule has 2 rings (SSSR count). The van der Waals surface area contributed by atoms with Crippen molar-refractivity contribution in [3.05, 3.63) is 54.1 Å². The highest BCUT2D eigenvalue weighted by Gasteiger charge is 2.09. The third kappa shape index (κ3) is 4.74. The van der Waals surface area contributed by atoms with Gasteiger partial charge in [0.25, 0.3) is 5.91 Å². The molecule has 24 heavy (non-hydrogen) atoms. The van der Waals surface area contributed by atoms with Crippen LogP contribution in [0.4, 0.5) is 11.4 Å². The third-order valence-electron chi connectivity index (χ3n) is 3.34. The summed E-state index contributed by atoms with van der Waals surface area (Å²) in [6.07, 6.45) is 0. The summed E-state index contributed by atoms with van der Waals surface area (Å²) in [6.45, 7) is 0.103. The second-order valence-corrected chi connectivity index (χ2v) is 5.41. The van der Waals surface area contributed by atoms with E-state index in [1.54, 1.807) is 63.7 Å². The van der Waals surface area contributed by atoms with Crippen molar-refractivity contribution in [2.75, 3.05) is 38.4 Å². The molecule has 0 fully saturated rings. The smallest absolute Gasteiger partial charge is 0.253 e. The van der Waals surface area contributed by atoms with Gasteiger partial charge >= 0.3 is 0 Å². The average molecular weight is 327 g/mol. The topological polar surface area (TPSA) is 70.7 Å². The molecule has 126 valence electrons. The van der Waals surface area contributed by atoms with Crippen LogP contribution in [0.25, 0.3) is 0 Å². The number of ether oxygens (including phenoxy) is 1. The molecule has 0 spiro atoms. The van der Waals surface area contributed by atoms with E-state index in [2.05, 4.69) is 10.6 Å². The molecule has 0 saturated carbocycles. The van der Waals surface area contributed by atoms with Crippen molar-refractivity contribution in [3.63, 3.8) is 0 Å². The van der Waals surface area contributed by atoms with E-state index < -0.39 is 0 Å². The van der Waals surface area contributed by atoms with Gasteiger partial charge in [-0.25, -0.2) is 0 Å². The highest BCUT2D eigenvalue weighted by Crippen LogP contribution is 2.15. The molecule has 0 aromatic heterocycles. The molecule has 2 aromatic carbocycles. The van der Waals surface area contributed by atoms with E-state index in [9.17, 15) is 9.59 Å². The quantitative estimate of drug-likeness (QED) is 0.855. The van der Waals surface area contributed by atoms with Crippen molar-refractivity contribution in [1.29, 1.82) is 0 Å². The number of hydrogen-bond donors (Lipinski definition) is 2. The standard InChI is InChI=1S/C18H21N3O3/c1-21(2)18(23)13-5-4-6-15(11-13)19-12-17(22)20-14-7-9-16(24-3)10-8-14/h4-11,19H,12H2,1-3H3,(H,20,22). The van der Waals surface area contributed by atoms with Crippen LogP contribution in [0.5, 0.6) is 5.75 Å². The zero-order chi connectivity index (χ0) is 17.5. The monoisotopic (exact) mass is 327 g/mol. The number of rotatable bonds is 6. The molecule has 0 atom stereocenters. The van der Waals surface area contributed by atoms with Gasteiger partial charge in [-0.2, -0.15) is 0 Å². The van der Waals surface area contributed by atoms with Gasteiger partial charge in [0, 0.05) is 31.0 Å². The van der Waals surface area contributed by atoms with E-state index in [1.165, 1.54) is 4.90 Å². The molecule has 0 aliphatic carbocycles. The first-order valence-corrected chi connectivity index (χ1v) is 7.49. The maximum absolute atomic E-state index is 12.0. The van der Waals surface area contributed by atoms with Gasteiger partial charge in [0.1, 0.15) is 5.75 Å². The lowest BCUT2D eigenvalue weighted by molar-refractivity contribution is -0.114. The summed E-state index contributed by atoms with van der Waals surface area (Å²) in [4.78, 5) is 25.4. The number of carbonyl (C=O) groups excluding carboxylic acids is 2. The maximum atomic E-state index is 12.0. The normalized spacial score (nSPS) is 9.96. The fourth-order valence-electron chi connectivity index (χ4n) is 2.08. The van der Waals surface area contributed by atoms with Gasteiger partial charge in [-0.3, -0.25) is 9.59 Å². The van der Waals surface area contributed by atoms with Gasteiger partial charge in [0.2, 0.25) is 5.91 Å². The van der Waals surface area contributed by atoms with Crippen molar-refractivity contribution in [2.24, 2.45) is 0 Å². The van der Waals surface area contributed by atoms with Gasteiger partial charge in [0.15, 0.2) is 0 Å². The van der Waals surface area contributed by atoms with Crippen LogP contribution in [-0.2, 0) is 4.79 Å². The van der Waals surface area contributed by atoms with Gasteiger partial charge in [-0.15, -0.1) is 0 Å². The number of nitrogens with zero attached hydrogens (tertiary/aromatic N) is 1. The van der Waals surface area contributed by atoms with Crippen LogP contribution in [0.2, 0.25) is 0 Å². The molecule has 2 N–H and O–H groups in total. The molecule has 0 aliphatic rings. The Hall–Kier alpha value is -3.02. The van der Waals surface area contributed by atoms with E-state index in [-0.39, 0.29) is 18.4 Å². The molecule has 0 aliphatic heterocycles. The molecule has 6 nitrogen and oxygen atoms in total. The lowest BCUT2D eigenvalue weighted by Crippen LogP contribution is -2.23. The van der Waals surface area contributed by atoms with Gasteiger partial charge < -0.3 is 20.3 Å². The molecule has 0 heterocycles. The zero-order valence-electron chi connectivity index (χ0n) is 14.0. The summed E-state index contributed by atoms with van der Waals surface area (Å²) < 4.78 is 5.07. The Labute approximate surface area is 141 Å². The van der Waals surface area contributed by atoms with E-state index in [1.807, 2.05) is 6.07 Å². The lowest BCUT2D eigenvalue weighted by Gasteiger charge is -2.12. The summed E-state index contributed by atoms with van der Waals surface area (Å²) in [7, 11) is 4.99. The largest absolute Gasteiger partial charge is 0.497 e. The predicted molar refractivity (Wildman–Crippen MR) is 94.6 cm³/mol. The third-order valence-corrected chi connectivity index (χ3v) is 3.34. The number of hydrogen-bond acceptors (Lipinski definition) is 4. The number of benzene rings is 2. The van der Waals surface area contributed by atoms with Crippen LogP contribution in [0.1, 0.15) is 10.4 Å². The van der Waals surface area contributed by atoms with Crippen LogP contribution in [0, 0.1) is 0 Å². The van der Waals surface area contributed by atoms with Crippen LogP contribution in [-0.4, -0.2) is 44.5 Å². The number of nitrogens with one attached hydrogen (secondary N) is 2. The summed E-state index contributed by atoms with van der Waals surface area (Å²) in [5.74, 6) is 0.472. The maximum Gasteiger partial charge on any atom is 0.253 e. The van der Waals surface area contributed by atoms with E-state index in [4.69, 9.17) is 4.74 Å². The van der Waals surface area contributed by atoms with E-state index in [0.29, 0.717) is 16.9 Å². The van der Waals surface area contributed by atoms with E-state index in [0.717, 1.165) is 5.75 Å². The first-order valence-electron chi connectivity index (χ1n) is 7.49. The molecule has 0 radical (unpaired) electrons. The Balaban J connectivity index is 1.91. The fourth-order valence-corrected chi connectivity index (χ4v) is 2.08. The first-order chi connectivity index (χ1) is 11.5. The second kappa shape index (κ2) is 8.01. The minimum atomic E-state index is -0.176. The van der Waals surface area contributed by atoms with Crippen LogP contribution in [0.15, 0.2) is 48.5 Å². The SMILES string of the molecule is COc1ccc(NC(=O)CNc2cccc(C(=O)N(C)C)c2)cc1. The lowest BCUT2D eigenvalue weighted by atomic mass is 10.2. The van der Waals surface area contributed by atoms with Gasteiger partial charge in [-0.05, 0) is 42.5 Å². The van der Waals surface area contributed by atoms with E-state index >= 15 is 0 Å². The van der Waals surface area contributed by atoms with Crippen LogP contribution >= 0.6 is 0 Å². The van der Waals surface area contributed by atoms with Crippen molar-refractivity contribution in [3.8, 4) is 5.75 Å². The van der Waals surface area contributed by atoms with Crippen LogP contribution in [0.3, 0.4) is 0 Å². The Kier molecular flexibility index (Phi) is 5.78. The first kappa shape index (κ1) is 17.3. The van der Waals surface area contributed by atoms with Crippen molar-refractivity contribution in [1.82, 2.24) is 4.90 Å². The summed E-state index contributed by atoms with van der Waals surface area (Å²) >= 11 is 0. The number of anilines is 2. The fraction of sp³-hybridized carbons (Fsp3) is 0.222. The summed E-state index contributed by atoms with van der Waals surface area (Å²) in [5.41, 5.74) is 1.98. The number of methoxy groups -OCH3 is 1. The Morgan fingerprint density at radius 3 is 2.38 bits per heavy atom. The van der Waals surface area contributed by atoms with Crippen molar-refractivity contribution < 1.29 is 14.3 Å². The summed E-state index contributed by atoms with van der Waals surface area (Å²) in [5, 5.41) is 5.80. The molecule has 2 amide bonds. The van der Waals surface area contributed by atoms with Crippen LogP contribution < -0.4 is 15.4 Å². The molecule has 6 heteroatoms. The molecule has 2 aromatic rings. The Morgan fingerprint density at radius 2 is 1.75 bits per heavy atom. The van der Waals surface area contributed by atoms with Gasteiger partial charge in [-0.1, -0.05) is 6.07 Å². The number of carbonyl (C=O) groups is 2. The highest BCUT2D eigenvalue weighted by molar-refractivity contribution is 5.96. The summed E-state index contributed by atoms with van der Waals surface area (Å²) in [6, 6.07) is 14.2. The highest BCUT2D eigenvalue weighted by atomic mass is 16.5. The number of amides is 2.